The number of rotatable bonds is 7. The molecule has 0 saturated carbocycles. The van der Waals surface area contributed by atoms with E-state index >= 15 is 0 Å². The third-order valence-corrected chi connectivity index (χ3v) is 5.83. The second-order valence-corrected chi connectivity index (χ2v) is 7.81. The van der Waals surface area contributed by atoms with Gasteiger partial charge in [0.1, 0.15) is 0 Å². The van der Waals surface area contributed by atoms with Gasteiger partial charge in [-0.05, 0) is 22.6 Å². The number of benzene rings is 1. The van der Waals surface area contributed by atoms with Gasteiger partial charge in [0.2, 0.25) is 5.91 Å². The number of amides is 2. The van der Waals surface area contributed by atoms with Crippen molar-refractivity contribution in [3.05, 3.63) is 60.0 Å². The summed E-state index contributed by atoms with van der Waals surface area (Å²) in [4.78, 5) is 28.2. The first kappa shape index (κ1) is 20.3. The zero-order valence-corrected chi connectivity index (χ0v) is 17.0. The van der Waals surface area contributed by atoms with Crippen LogP contribution in [-0.4, -0.2) is 48.6 Å². The molecule has 3 rings (SSSR count). The van der Waals surface area contributed by atoms with Crippen LogP contribution >= 0.6 is 11.3 Å². The number of nitrogens with zero attached hydrogens (tertiary/aromatic N) is 1. The van der Waals surface area contributed by atoms with Gasteiger partial charge < -0.3 is 15.0 Å². The molecule has 1 fully saturated rings. The molecule has 28 heavy (non-hydrogen) atoms. The Labute approximate surface area is 170 Å². The lowest BCUT2D eigenvalue weighted by atomic mass is 9.90. The van der Waals surface area contributed by atoms with Crippen LogP contribution in [0.25, 0.3) is 10.4 Å². The third-order valence-electron chi connectivity index (χ3n) is 4.91. The topological polar surface area (TPSA) is 58.6 Å². The number of thiophene rings is 1. The van der Waals surface area contributed by atoms with E-state index in [4.69, 9.17) is 4.74 Å². The highest BCUT2D eigenvalue weighted by atomic mass is 32.1. The van der Waals surface area contributed by atoms with Gasteiger partial charge in [-0.2, -0.15) is 0 Å². The minimum absolute atomic E-state index is 0.0391. The van der Waals surface area contributed by atoms with Crippen molar-refractivity contribution >= 4 is 23.2 Å². The van der Waals surface area contributed by atoms with Crippen LogP contribution in [0.15, 0.2) is 54.4 Å². The summed E-state index contributed by atoms with van der Waals surface area (Å²) in [6.07, 6.45) is 2.47. The molecule has 0 bridgehead atoms. The number of ether oxygens (including phenoxy) is 1. The van der Waals surface area contributed by atoms with E-state index in [-0.39, 0.29) is 18.4 Å². The van der Waals surface area contributed by atoms with Crippen LogP contribution in [0.3, 0.4) is 0 Å². The Balaban J connectivity index is 1.83. The highest BCUT2D eigenvalue weighted by molar-refractivity contribution is 7.13. The van der Waals surface area contributed by atoms with Crippen LogP contribution in [0.4, 0.5) is 0 Å². The Morgan fingerprint density at radius 2 is 2.11 bits per heavy atom. The maximum atomic E-state index is 13.0. The molecule has 1 aromatic heterocycles. The molecule has 2 heterocycles. The molecule has 2 amide bonds. The summed E-state index contributed by atoms with van der Waals surface area (Å²) in [5.74, 6) is -0.166. The molecule has 0 aliphatic carbocycles. The number of carbonyl (C=O) groups is 2. The van der Waals surface area contributed by atoms with Crippen molar-refractivity contribution in [2.45, 2.75) is 25.4 Å². The minimum atomic E-state index is -1.09. The Morgan fingerprint density at radius 1 is 1.32 bits per heavy atom. The number of carbonyl (C=O) groups excluding carboxylic acids is 2. The van der Waals surface area contributed by atoms with Gasteiger partial charge in [-0.3, -0.25) is 9.59 Å². The molecule has 0 spiro atoms. The summed E-state index contributed by atoms with van der Waals surface area (Å²) in [5.41, 5.74) is 1.06. The molecule has 1 aliphatic rings. The highest BCUT2D eigenvalue weighted by Crippen LogP contribution is 2.28. The summed E-state index contributed by atoms with van der Waals surface area (Å²) in [6, 6.07) is 12.3. The molecule has 1 N–H and O–H groups in total. The van der Waals surface area contributed by atoms with Gasteiger partial charge in [0.05, 0.1) is 13.2 Å². The van der Waals surface area contributed by atoms with Gasteiger partial charge in [-0.1, -0.05) is 43.3 Å². The van der Waals surface area contributed by atoms with Crippen molar-refractivity contribution in [2.75, 3.05) is 26.2 Å². The Kier molecular flexibility index (Phi) is 6.65. The first-order chi connectivity index (χ1) is 13.6. The standard InChI is InChI=1S/C22H26N2O3S/c1-3-11-23-21(26)22(16-24(12-13-27-22)20(25)4-2)15-17-7-9-18(10-8-17)19-6-5-14-28-19/h3,5-10,14H,1,4,11-13,15-16H2,2H3,(H,23,26)/t22-/m1/s1. The predicted octanol–water partition coefficient (Wildman–Crippen LogP) is 3.27. The fraction of sp³-hybridized carbons (Fsp3) is 0.364. The van der Waals surface area contributed by atoms with Gasteiger partial charge in [0, 0.05) is 30.8 Å². The maximum absolute atomic E-state index is 13.0. The first-order valence-electron chi connectivity index (χ1n) is 9.52. The molecule has 148 valence electrons. The van der Waals surface area contributed by atoms with Crippen molar-refractivity contribution < 1.29 is 14.3 Å². The lowest BCUT2D eigenvalue weighted by Crippen LogP contribution is -2.62. The SMILES string of the molecule is C=CCNC(=O)[C@@]1(Cc2ccc(-c3cccs3)cc2)CN(C(=O)CC)CCO1. The normalized spacial score (nSPS) is 19.2. The van der Waals surface area contributed by atoms with Gasteiger partial charge in [0.15, 0.2) is 5.60 Å². The molecular weight excluding hydrogens is 372 g/mol. The van der Waals surface area contributed by atoms with Crippen LogP contribution in [0.5, 0.6) is 0 Å². The van der Waals surface area contributed by atoms with Crippen LogP contribution in [0.1, 0.15) is 18.9 Å². The molecule has 1 aliphatic heterocycles. The average molecular weight is 399 g/mol. The first-order valence-corrected chi connectivity index (χ1v) is 10.4. The molecular formula is C22H26N2O3S. The zero-order chi connectivity index (χ0) is 20.0. The highest BCUT2D eigenvalue weighted by Gasteiger charge is 2.44. The molecule has 5 nitrogen and oxygen atoms in total. The lowest BCUT2D eigenvalue weighted by Gasteiger charge is -2.41. The van der Waals surface area contributed by atoms with E-state index in [9.17, 15) is 9.59 Å². The van der Waals surface area contributed by atoms with Crippen molar-refractivity contribution in [1.82, 2.24) is 10.2 Å². The second kappa shape index (κ2) is 9.17. The van der Waals surface area contributed by atoms with Crippen LogP contribution in [0, 0.1) is 0 Å². The molecule has 0 unspecified atom stereocenters. The number of hydrogen-bond acceptors (Lipinski definition) is 4. The van der Waals surface area contributed by atoms with Crippen LogP contribution < -0.4 is 5.32 Å². The monoisotopic (exact) mass is 398 g/mol. The van der Waals surface area contributed by atoms with Gasteiger partial charge in [-0.15, -0.1) is 17.9 Å². The molecule has 0 radical (unpaired) electrons. The Bertz CT molecular complexity index is 817. The summed E-state index contributed by atoms with van der Waals surface area (Å²) in [6.45, 7) is 6.98. The fourth-order valence-electron chi connectivity index (χ4n) is 3.43. The zero-order valence-electron chi connectivity index (χ0n) is 16.1. The largest absolute Gasteiger partial charge is 0.361 e. The van der Waals surface area contributed by atoms with Crippen LogP contribution in [0.2, 0.25) is 0 Å². The lowest BCUT2D eigenvalue weighted by molar-refractivity contribution is -0.165. The van der Waals surface area contributed by atoms with E-state index in [1.54, 1.807) is 22.3 Å². The number of morpholine rings is 1. The van der Waals surface area contributed by atoms with Crippen molar-refractivity contribution in [3.63, 3.8) is 0 Å². The summed E-state index contributed by atoms with van der Waals surface area (Å²) in [7, 11) is 0. The third kappa shape index (κ3) is 4.51. The smallest absolute Gasteiger partial charge is 0.254 e. The van der Waals surface area contributed by atoms with E-state index in [2.05, 4.69) is 35.5 Å². The Hall–Kier alpha value is -2.44. The van der Waals surface area contributed by atoms with E-state index in [0.717, 1.165) is 11.1 Å². The molecule has 6 heteroatoms. The van der Waals surface area contributed by atoms with Crippen molar-refractivity contribution in [3.8, 4) is 10.4 Å². The fourth-order valence-corrected chi connectivity index (χ4v) is 4.16. The summed E-state index contributed by atoms with van der Waals surface area (Å²) < 4.78 is 6.02. The minimum Gasteiger partial charge on any atom is -0.361 e. The molecule has 1 atom stereocenters. The molecule has 2 aromatic rings. The van der Waals surface area contributed by atoms with Crippen molar-refractivity contribution in [1.29, 1.82) is 0 Å². The second-order valence-electron chi connectivity index (χ2n) is 6.86. The number of hydrogen-bond donors (Lipinski definition) is 1. The maximum Gasteiger partial charge on any atom is 0.254 e. The summed E-state index contributed by atoms with van der Waals surface area (Å²) in [5, 5.41) is 4.91. The average Bonchev–Trinajstić information content (AvgIpc) is 3.27. The van der Waals surface area contributed by atoms with Gasteiger partial charge in [-0.25, -0.2) is 0 Å². The van der Waals surface area contributed by atoms with Crippen LogP contribution in [-0.2, 0) is 20.7 Å². The number of nitrogens with one attached hydrogen (secondary N) is 1. The molecule has 1 aromatic carbocycles. The van der Waals surface area contributed by atoms with Crippen molar-refractivity contribution in [2.24, 2.45) is 0 Å². The quantitative estimate of drug-likeness (QED) is 0.729. The van der Waals surface area contributed by atoms with E-state index in [1.165, 1.54) is 4.88 Å². The van der Waals surface area contributed by atoms with Gasteiger partial charge in [0.25, 0.3) is 5.91 Å². The van der Waals surface area contributed by atoms with E-state index in [1.807, 2.05) is 25.1 Å². The molecule has 1 saturated heterocycles. The van der Waals surface area contributed by atoms with E-state index in [0.29, 0.717) is 32.5 Å². The van der Waals surface area contributed by atoms with E-state index < -0.39 is 5.60 Å². The predicted molar refractivity (Wildman–Crippen MR) is 112 cm³/mol. The summed E-state index contributed by atoms with van der Waals surface area (Å²) >= 11 is 1.69. The Morgan fingerprint density at radius 3 is 2.75 bits per heavy atom. The van der Waals surface area contributed by atoms with Gasteiger partial charge >= 0.3 is 0 Å².